The van der Waals surface area contributed by atoms with Gasteiger partial charge in [-0.15, -0.1) is 0 Å². The first-order chi connectivity index (χ1) is 21.8. The van der Waals surface area contributed by atoms with Gasteiger partial charge in [0.1, 0.15) is 30.4 Å². The van der Waals surface area contributed by atoms with Gasteiger partial charge in [-0.3, -0.25) is 4.79 Å². The van der Waals surface area contributed by atoms with Crippen molar-refractivity contribution in [3.8, 4) is 17.3 Å². The number of carbonyl (C=O) groups excluding carboxylic acids is 1. The maximum Gasteiger partial charge on any atom is 0.405 e. The Balaban J connectivity index is 1.27. The number of carbonyl (C=O) groups is 2. The normalized spacial score (nSPS) is 15.4. The van der Waals surface area contributed by atoms with E-state index in [1.165, 1.54) is 17.0 Å². The fourth-order valence-electron chi connectivity index (χ4n) is 6.13. The summed E-state index contributed by atoms with van der Waals surface area (Å²) in [5, 5.41) is 11.8. The average Bonchev–Trinajstić information content (AvgIpc) is 3.70. The number of hydrogen-bond acceptors (Lipinski definition) is 5. The van der Waals surface area contributed by atoms with Gasteiger partial charge < -0.3 is 29.2 Å². The minimum atomic E-state index is -1.34. The molecule has 3 aromatic heterocycles. The minimum Gasteiger partial charge on any atom is -0.487 e. The molecular formula is C33H32F2N6O4. The van der Waals surface area contributed by atoms with Crippen LogP contribution in [0.5, 0.6) is 5.75 Å². The number of amides is 2. The molecule has 0 radical (unpaired) electrons. The van der Waals surface area contributed by atoms with E-state index in [-0.39, 0.29) is 12.5 Å². The number of halogens is 2. The Morgan fingerprint density at radius 3 is 2.69 bits per heavy atom. The van der Waals surface area contributed by atoms with E-state index in [0.717, 1.165) is 36.2 Å². The molecule has 0 spiro atoms. The second kappa shape index (κ2) is 11.5. The highest BCUT2D eigenvalue weighted by atomic mass is 19.1. The molecule has 5 aromatic rings. The predicted molar refractivity (Wildman–Crippen MR) is 163 cm³/mol. The first-order valence-electron chi connectivity index (χ1n) is 15.0. The number of aryl methyl sites for hydroxylation is 1. The maximum absolute atomic E-state index is 14.9. The Hall–Kier alpha value is -5.00. The van der Waals surface area contributed by atoms with Gasteiger partial charge in [0.15, 0.2) is 11.5 Å². The van der Waals surface area contributed by atoms with Crippen molar-refractivity contribution in [1.82, 2.24) is 29.3 Å². The quantitative estimate of drug-likeness (QED) is 0.220. The van der Waals surface area contributed by atoms with Crippen LogP contribution in [0.1, 0.15) is 34.5 Å². The van der Waals surface area contributed by atoms with Crippen LogP contribution in [-0.4, -0.2) is 66.9 Å². The highest BCUT2D eigenvalue weighted by Gasteiger charge is 2.31. The number of benzene rings is 2. The fraction of sp³-hybridized carbons (Fsp3) is 0.333. The van der Waals surface area contributed by atoms with Gasteiger partial charge in [-0.05, 0) is 42.5 Å². The zero-order valence-corrected chi connectivity index (χ0v) is 24.7. The van der Waals surface area contributed by atoms with E-state index in [0.29, 0.717) is 64.9 Å². The van der Waals surface area contributed by atoms with E-state index in [9.17, 15) is 18.4 Å². The van der Waals surface area contributed by atoms with E-state index in [1.807, 2.05) is 48.0 Å². The van der Waals surface area contributed by atoms with Crippen molar-refractivity contribution in [2.45, 2.75) is 38.5 Å². The zero-order chi connectivity index (χ0) is 31.2. The summed E-state index contributed by atoms with van der Waals surface area (Å²) < 4.78 is 38.6. The standard InChI is InChI=1S/C33H32F2N6O4/c1-39-30-26(14-24-25(37-30)9-10-40(32(24)42)17-23(15-34)36-33(43)44)38-31(39)27-12-21-11-22(35)13-28(29(21)41(27)16-19-7-8-19)45-18-20-5-3-2-4-6-20/h2-6,11-14,19,23,36H,7-10,15-18H2,1H3,(H,43,44). The summed E-state index contributed by atoms with van der Waals surface area (Å²) >= 11 is 0. The molecule has 2 aliphatic rings. The Morgan fingerprint density at radius 1 is 1.16 bits per heavy atom. The Bertz CT molecular complexity index is 1930. The Morgan fingerprint density at radius 2 is 1.96 bits per heavy atom. The molecule has 1 fully saturated rings. The third-order valence-corrected chi connectivity index (χ3v) is 8.54. The molecule has 1 aliphatic carbocycles. The molecule has 2 amide bonds. The Kier molecular flexibility index (Phi) is 7.34. The van der Waals surface area contributed by atoms with Crippen molar-refractivity contribution < 1.29 is 28.2 Å². The van der Waals surface area contributed by atoms with Crippen LogP contribution in [0.3, 0.4) is 0 Å². The van der Waals surface area contributed by atoms with Crippen molar-refractivity contribution in [3.05, 3.63) is 77.2 Å². The van der Waals surface area contributed by atoms with Gasteiger partial charge in [0.2, 0.25) is 0 Å². The number of fused-ring (bicyclic) bond motifs is 3. The van der Waals surface area contributed by atoms with Crippen LogP contribution >= 0.6 is 0 Å². The first-order valence-corrected chi connectivity index (χ1v) is 15.0. The highest BCUT2D eigenvalue weighted by Crippen LogP contribution is 2.40. The topological polar surface area (TPSA) is 115 Å². The summed E-state index contributed by atoms with van der Waals surface area (Å²) in [4.78, 5) is 35.6. The summed E-state index contributed by atoms with van der Waals surface area (Å²) in [6, 6.07) is 15.3. The second-order valence-electron chi connectivity index (χ2n) is 11.8. The lowest BCUT2D eigenvalue weighted by atomic mass is 10.0. The van der Waals surface area contributed by atoms with Gasteiger partial charge >= 0.3 is 6.09 Å². The smallest absolute Gasteiger partial charge is 0.405 e. The minimum absolute atomic E-state index is 0.0842. The molecular weight excluding hydrogens is 582 g/mol. The van der Waals surface area contributed by atoms with Crippen molar-refractivity contribution in [3.63, 3.8) is 0 Å². The molecule has 10 nitrogen and oxygen atoms in total. The number of aromatic nitrogens is 4. The fourth-order valence-corrected chi connectivity index (χ4v) is 6.13. The van der Waals surface area contributed by atoms with Crippen molar-refractivity contribution >= 4 is 34.1 Å². The summed E-state index contributed by atoms with van der Waals surface area (Å²) in [6.07, 6.45) is 1.32. The maximum atomic E-state index is 14.9. The highest BCUT2D eigenvalue weighted by molar-refractivity contribution is 5.99. The number of carboxylic acid groups (broad SMARTS) is 1. The molecule has 12 heteroatoms. The molecule has 4 heterocycles. The summed E-state index contributed by atoms with van der Waals surface area (Å²) in [6.45, 7) is 0.307. The lowest BCUT2D eigenvalue weighted by Gasteiger charge is -2.30. The molecule has 1 saturated carbocycles. The third kappa shape index (κ3) is 5.56. The van der Waals surface area contributed by atoms with Crippen LogP contribution in [0.25, 0.3) is 33.6 Å². The average molecular weight is 615 g/mol. The number of imidazole rings is 1. The van der Waals surface area contributed by atoms with Gasteiger partial charge in [0.05, 0.1) is 28.5 Å². The van der Waals surface area contributed by atoms with Crippen molar-refractivity contribution in [2.75, 3.05) is 19.8 Å². The molecule has 0 saturated heterocycles. The van der Waals surface area contributed by atoms with E-state index < -0.39 is 24.6 Å². The van der Waals surface area contributed by atoms with Crippen LogP contribution in [-0.2, 0) is 26.6 Å². The third-order valence-electron chi connectivity index (χ3n) is 8.54. The summed E-state index contributed by atoms with van der Waals surface area (Å²) in [7, 11) is 1.87. The molecule has 2 N–H and O–H groups in total. The summed E-state index contributed by atoms with van der Waals surface area (Å²) in [5.41, 5.74) is 4.67. The predicted octanol–water partition coefficient (Wildman–Crippen LogP) is 5.32. The van der Waals surface area contributed by atoms with Gasteiger partial charge in [0, 0.05) is 44.6 Å². The number of rotatable bonds is 10. The molecule has 0 bridgehead atoms. The van der Waals surface area contributed by atoms with Gasteiger partial charge in [-0.25, -0.2) is 23.5 Å². The number of ether oxygens (including phenoxy) is 1. The van der Waals surface area contributed by atoms with Gasteiger partial charge in [-0.2, -0.15) is 0 Å². The lowest BCUT2D eigenvalue weighted by molar-refractivity contribution is 0.0712. The SMILES string of the molecule is Cn1c(-c2cc3cc(F)cc(OCc4ccccc4)c3n2CC2CC2)nc2cc3c(nc21)CCN(CC(CF)NC(=O)O)C3=O. The van der Waals surface area contributed by atoms with E-state index in [2.05, 4.69) is 9.88 Å². The lowest BCUT2D eigenvalue weighted by Crippen LogP contribution is -2.48. The molecule has 45 heavy (non-hydrogen) atoms. The van der Waals surface area contributed by atoms with Crippen molar-refractivity contribution in [2.24, 2.45) is 13.0 Å². The molecule has 1 aliphatic heterocycles. The molecule has 1 atom stereocenters. The van der Waals surface area contributed by atoms with Crippen LogP contribution in [0.15, 0.2) is 54.6 Å². The van der Waals surface area contributed by atoms with Crippen molar-refractivity contribution in [1.29, 1.82) is 0 Å². The monoisotopic (exact) mass is 614 g/mol. The van der Waals surface area contributed by atoms with E-state index in [4.69, 9.17) is 19.8 Å². The summed E-state index contributed by atoms with van der Waals surface area (Å²) in [5.74, 6) is 0.846. The zero-order valence-electron chi connectivity index (χ0n) is 24.7. The number of nitrogens with zero attached hydrogens (tertiary/aromatic N) is 5. The van der Waals surface area contributed by atoms with E-state index in [1.54, 1.807) is 6.07 Å². The number of nitrogens with one attached hydrogen (secondary N) is 1. The number of alkyl halides is 1. The Labute approximate surface area is 257 Å². The number of hydrogen-bond donors (Lipinski definition) is 2. The molecule has 2 aromatic carbocycles. The first kappa shape index (κ1) is 28.8. The van der Waals surface area contributed by atoms with Gasteiger partial charge in [0.25, 0.3) is 5.91 Å². The van der Waals surface area contributed by atoms with Crippen LogP contribution in [0, 0.1) is 11.7 Å². The van der Waals surface area contributed by atoms with Crippen LogP contribution < -0.4 is 10.1 Å². The van der Waals surface area contributed by atoms with Crippen LogP contribution in [0.4, 0.5) is 13.6 Å². The second-order valence-corrected chi connectivity index (χ2v) is 11.8. The molecule has 7 rings (SSSR count). The molecule has 1 unspecified atom stereocenters. The number of pyridine rings is 1. The molecule has 232 valence electrons. The van der Waals surface area contributed by atoms with E-state index >= 15 is 0 Å². The largest absolute Gasteiger partial charge is 0.487 e. The van der Waals surface area contributed by atoms with Gasteiger partial charge in [-0.1, -0.05) is 30.3 Å². The van der Waals surface area contributed by atoms with Crippen LogP contribution in [0.2, 0.25) is 0 Å².